The molecule has 0 saturated heterocycles. The van der Waals surface area contributed by atoms with Gasteiger partial charge in [-0.1, -0.05) is 35.9 Å². The highest BCUT2D eigenvalue weighted by atomic mass is 127. The second-order valence-corrected chi connectivity index (χ2v) is 5.18. The van der Waals surface area contributed by atoms with Crippen LogP contribution in [0, 0.1) is 6.92 Å². The summed E-state index contributed by atoms with van der Waals surface area (Å²) < 4.78 is 0. The summed E-state index contributed by atoms with van der Waals surface area (Å²) in [6, 6.07) is 14.5. The Hall–Kier alpha value is -1.63. The summed E-state index contributed by atoms with van der Waals surface area (Å²) in [5.74, 6) is 0.846. The third-order valence-corrected chi connectivity index (χ3v) is 3.28. The van der Waals surface area contributed by atoms with Crippen molar-refractivity contribution in [3.05, 3.63) is 65.5 Å². The van der Waals surface area contributed by atoms with Gasteiger partial charge in [0.25, 0.3) is 0 Å². The average Bonchev–Trinajstić information content (AvgIpc) is 2.55. The number of guanidine groups is 1. The molecule has 0 unspecified atom stereocenters. The number of aliphatic imine (C=N–C) groups is 1. The highest BCUT2D eigenvalue weighted by Gasteiger charge is 1.98. The number of nitrogens with zero attached hydrogens (tertiary/aromatic N) is 2. The molecule has 0 radical (unpaired) electrons. The van der Waals surface area contributed by atoms with Crippen molar-refractivity contribution in [3.63, 3.8) is 0 Å². The van der Waals surface area contributed by atoms with Crippen molar-refractivity contribution in [1.82, 2.24) is 15.6 Å². The van der Waals surface area contributed by atoms with Gasteiger partial charge in [-0.15, -0.1) is 24.0 Å². The SMILES string of the molecule is CCNC(=NCc1ccc(C)cc1)NCCc1ccccn1.I. The summed E-state index contributed by atoms with van der Waals surface area (Å²) in [6.07, 6.45) is 2.71. The van der Waals surface area contributed by atoms with Gasteiger partial charge in [0.05, 0.1) is 6.54 Å². The van der Waals surface area contributed by atoms with Crippen molar-refractivity contribution >= 4 is 29.9 Å². The molecule has 1 aromatic carbocycles. The third kappa shape index (κ3) is 7.45. The molecule has 1 aromatic heterocycles. The summed E-state index contributed by atoms with van der Waals surface area (Å²) in [5, 5.41) is 6.62. The van der Waals surface area contributed by atoms with Crippen LogP contribution in [0.2, 0.25) is 0 Å². The number of nitrogens with one attached hydrogen (secondary N) is 2. The monoisotopic (exact) mass is 424 g/mol. The second-order valence-electron chi connectivity index (χ2n) is 5.18. The van der Waals surface area contributed by atoms with Crippen LogP contribution in [0.25, 0.3) is 0 Å². The Bertz CT molecular complexity index is 582. The molecule has 1 heterocycles. The molecular weight excluding hydrogens is 399 g/mol. The molecule has 2 rings (SSSR count). The van der Waals surface area contributed by atoms with Crippen LogP contribution in [0.3, 0.4) is 0 Å². The predicted octanol–water partition coefficient (Wildman–Crippen LogP) is 3.31. The van der Waals surface area contributed by atoms with E-state index in [1.54, 1.807) is 0 Å². The molecular formula is C18H25IN4. The van der Waals surface area contributed by atoms with Crippen LogP contribution in [-0.4, -0.2) is 24.0 Å². The number of aryl methyl sites for hydroxylation is 1. The minimum atomic E-state index is 0. The van der Waals surface area contributed by atoms with E-state index in [1.165, 1.54) is 11.1 Å². The van der Waals surface area contributed by atoms with Crippen molar-refractivity contribution in [2.45, 2.75) is 26.8 Å². The van der Waals surface area contributed by atoms with E-state index in [0.29, 0.717) is 6.54 Å². The zero-order chi connectivity index (χ0) is 15.6. The maximum atomic E-state index is 4.62. The van der Waals surface area contributed by atoms with Gasteiger partial charge in [0.15, 0.2) is 5.96 Å². The Kier molecular flexibility index (Phi) is 9.28. The van der Waals surface area contributed by atoms with Gasteiger partial charge in [-0.05, 0) is 31.5 Å². The zero-order valence-corrected chi connectivity index (χ0v) is 16.1. The van der Waals surface area contributed by atoms with Crippen molar-refractivity contribution < 1.29 is 0 Å². The molecule has 2 N–H and O–H groups in total. The lowest BCUT2D eigenvalue weighted by Crippen LogP contribution is -2.38. The Balaban J connectivity index is 0.00000264. The van der Waals surface area contributed by atoms with Crippen molar-refractivity contribution in [3.8, 4) is 0 Å². The van der Waals surface area contributed by atoms with E-state index in [1.807, 2.05) is 24.4 Å². The minimum absolute atomic E-state index is 0. The smallest absolute Gasteiger partial charge is 0.191 e. The number of aromatic nitrogens is 1. The van der Waals surface area contributed by atoms with Gasteiger partial charge >= 0.3 is 0 Å². The molecule has 0 saturated carbocycles. The summed E-state index contributed by atoms with van der Waals surface area (Å²) in [6.45, 7) is 6.51. The highest BCUT2D eigenvalue weighted by molar-refractivity contribution is 14.0. The fourth-order valence-corrected chi connectivity index (χ4v) is 2.06. The number of halogens is 1. The molecule has 5 heteroatoms. The van der Waals surface area contributed by atoms with Gasteiger partial charge in [0.2, 0.25) is 0 Å². The molecule has 0 aliphatic carbocycles. The first-order valence-electron chi connectivity index (χ1n) is 7.75. The number of benzene rings is 1. The van der Waals surface area contributed by atoms with Gasteiger partial charge in [-0.2, -0.15) is 0 Å². The van der Waals surface area contributed by atoms with Crippen LogP contribution < -0.4 is 10.6 Å². The van der Waals surface area contributed by atoms with E-state index in [-0.39, 0.29) is 24.0 Å². The Morgan fingerprint density at radius 1 is 1.09 bits per heavy atom. The first-order chi connectivity index (χ1) is 10.8. The second kappa shape index (κ2) is 11.0. The van der Waals surface area contributed by atoms with E-state index < -0.39 is 0 Å². The first kappa shape index (κ1) is 19.4. The standard InChI is InChI=1S/C18H24N4.HI/c1-3-19-18(21-13-11-17-6-4-5-12-20-17)22-14-16-9-7-15(2)8-10-16;/h4-10,12H,3,11,13-14H2,1-2H3,(H2,19,21,22);1H. The predicted molar refractivity (Wildman–Crippen MR) is 107 cm³/mol. The Morgan fingerprint density at radius 3 is 2.52 bits per heavy atom. The van der Waals surface area contributed by atoms with Gasteiger partial charge in [-0.3, -0.25) is 4.98 Å². The molecule has 0 amide bonds. The largest absolute Gasteiger partial charge is 0.357 e. The van der Waals surface area contributed by atoms with Crippen molar-refractivity contribution in [1.29, 1.82) is 0 Å². The maximum Gasteiger partial charge on any atom is 0.191 e. The van der Waals surface area contributed by atoms with Crippen LogP contribution in [0.1, 0.15) is 23.7 Å². The maximum absolute atomic E-state index is 4.62. The molecule has 0 aliphatic heterocycles. The van der Waals surface area contributed by atoms with Crippen LogP contribution >= 0.6 is 24.0 Å². The van der Waals surface area contributed by atoms with Crippen molar-refractivity contribution in [2.24, 2.45) is 4.99 Å². The minimum Gasteiger partial charge on any atom is -0.357 e. The number of hydrogen-bond donors (Lipinski definition) is 2. The Morgan fingerprint density at radius 2 is 1.87 bits per heavy atom. The van der Waals surface area contributed by atoms with Crippen LogP contribution in [0.15, 0.2) is 53.7 Å². The van der Waals surface area contributed by atoms with E-state index in [0.717, 1.165) is 31.2 Å². The summed E-state index contributed by atoms with van der Waals surface area (Å²) in [7, 11) is 0. The molecule has 23 heavy (non-hydrogen) atoms. The molecule has 0 fully saturated rings. The molecule has 0 spiro atoms. The van der Waals surface area contributed by atoms with Gasteiger partial charge < -0.3 is 10.6 Å². The fourth-order valence-electron chi connectivity index (χ4n) is 2.06. The van der Waals surface area contributed by atoms with E-state index >= 15 is 0 Å². The highest BCUT2D eigenvalue weighted by Crippen LogP contribution is 2.04. The normalized spacial score (nSPS) is 10.8. The lowest BCUT2D eigenvalue weighted by Gasteiger charge is -2.11. The lowest BCUT2D eigenvalue weighted by molar-refractivity contribution is 0.788. The molecule has 124 valence electrons. The average molecular weight is 424 g/mol. The molecule has 0 atom stereocenters. The molecule has 0 bridgehead atoms. The number of hydrogen-bond acceptors (Lipinski definition) is 2. The molecule has 0 aliphatic rings. The third-order valence-electron chi connectivity index (χ3n) is 3.28. The van der Waals surface area contributed by atoms with Gasteiger partial charge in [0.1, 0.15) is 0 Å². The topological polar surface area (TPSA) is 49.3 Å². The lowest BCUT2D eigenvalue weighted by atomic mass is 10.1. The number of rotatable bonds is 6. The zero-order valence-electron chi connectivity index (χ0n) is 13.7. The number of pyridine rings is 1. The summed E-state index contributed by atoms with van der Waals surface area (Å²) in [5.41, 5.74) is 3.57. The van der Waals surface area contributed by atoms with E-state index in [2.05, 4.69) is 58.7 Å². The summed E-state index contributed by atoms with van der Waals surface area (Å²) in [4.78, 5) is 8.94. The fraction of sp³-hybridized carbons (Fsp3) is 0.333. The van der Waals surface area contributed by atoms with Crippen LogP contribution in [-0.2, 0) is 13.0 Å². The van der Waals surface area contributed by atoms with E-state index in [4.69, 9.17) is 0 Å². The Labute approximate surface area is 155 Å². The first-order valence-corrected chi connectivity index (χ1v) is 7.75. The molecule has 4 nitrogen and oxygen atoms in total. The van der Waals surface area contributed by atoms with E-state index in [9.17, 15) is 0 Å². The van der Waals surface area contributed by atoms with Crippen LogP contribution in [0.4, 0.5) is 0 Å². The quantitative estimate of drug-likeness (QED) is 0.425. The molecule has 2 aromatic rings. The van der Waals surface area contributed by atoms with Gasteiger partial charge in [0, 0.05) is 31.4 Å². The summed E-state index contributed by atoms with van der Waals surface area (Å²) >= 11 is 0. The van der Waals surface area contributed by atoms with Crippen molar-refractivity contribution in [2.75, 3.05) is 13.1 Å². The van der Waals surface area contributed by atoms with Gasteiger partial charge in [-0.25, -0.2) is 4.99 Å². The van der Waals surface area contributed by atoms with Crippen LogP contribution in [0.5, 0.6) is 0 Å².